The van der Waals surface area contributed by atoms with Gasteiger partial charge in [0.1, 0.15) is 5.75 Å². The van der Waals surface area contributed by atoms with E-state index in [1.54, 1.807) is 14.0 Å². The lowest BCUT2D eigenvalue weighted by molar-refractivity contribution is -0.137. The third-order valence-corrected chi connectivity index (χ3v) is 2.94. The molecule has 1 unspecified atom stereocenters. The molecule has 0 saturated carbocycles. The summed E-state index contributed by atoms with van der Waals surface area (Å²) in [6.07, 6.45) is -4.38. The highest BCUT2D eigenvalue weighted by atomic mass is 35.5. The van der Waals surface area contributed by atoms with Crippen LogP contribution in [0.2, 0.25) is 0 Å². The molecule has 0 fully saturated rings. The number of halogens is 4. The molecule has 0 saturated heterocycles. The molecule has 2 N–H and O–H groups in total. The summed E-state index contributed by atoms with van der Waals surface area (Å²) in [4.78, 5) is 13.1. The Morgan fingerprint density at radius 3 is 2.29 bits per heavy atom. The molecule has 1 rings (SSSR count). The van der Waals surface area contributed by atoms with Gasteiger partial charge in [0, 0.05) is 19.6 Å². The lowest BCUT2D eigenvalue weighted by Crippen LogP contribution is -2.42. The van der Waals surface area contributed by atoms with Crippen LogP contribution < -0.4 is 10.5 Å². The molecular formula is C13H18ClF3N2O2. The first-order valence-electron chi connectivity index (χ1n) is 6.01. The van der Waals surface area contributed by atoms with Gasteiger partial charge in [0.15, 0.2) is 6.61 Å². The van der Waals surface area contributed by atoms with Crippen molar-refractivity contribution < 1.29 is 22.7 Å². The smallest absolute Gasteiger partial charge is 0.416 e. The molecule has 4 nitrogen and oxygen atoms in total. The Kier molecular flexibility index (Phi) is 7.52. The normalized spacial score (nSPS) is 12.3. The summed E-state index contributed by atoms with van der Waals surface area (Å²) >= 11 is 0. The monoisotopic (exact) mass is 326 g/mol. The van der Waals surface area contributed by atoms with Crippen LogP contribution in [0.25, 0.3) is 0 Å². The summed E-state index contributed by atoms with van der Waals surface area (Å²) in [6.45, 7) is 1.87. The first kappa shape index (κ1) is 19.5. The van der Waals surface area contributed by atoms with Gasteiger partial charge in [0.05, 0.1) is 5.56 Å². The second kappa shape index (κ2) is 8.09. The Morgan fingerprint density at radius 1 is 1.33 bits per heavy atom. The molecule has 0 aliphatic rings. The molecule has 0 bridgehead atoms. The van der Waals surface area contributed by atoms with Crippen molar-refractivity contribution in [2.75, 3.05) is 20.2 Å². The minimum absolute atomic E-state index is 0. The number of carbonyl (C=O) groups is 1. The maximum atomic E-state index is 12.4. The minimum Gasteiger partial charge on any atom is -0.484 e. The molecule has 21 heavy (non-hydrogen) atoms. The largest absolute Gasteiger partial charge is 0.484 e. The van der Waals surface area contributed by atoms with Gasteiger partial charge in [0.25, 0.3) is 5.91 Å². The lowest BCUT2D eigenvalue weighted by atomic mass is 10.2. The Bertz CT molecular complexity index is 452. The number of likely N-dealkylation sites (N-methyl/N-ethyl adjacent to an activating group) is 1. The predicted molar refractivity (Wildman–Crippen MR) is 75.5 cm³/mol. The molecule has 0 radical (unpaired) electrons. The zero-order valence-corrected chi connectivity index (χ0v) is 12.5. The summed E-state index contributed by atoms with van der Waals surface area (Å²) in [5.41, 5.74) is 4.67. The first-order valence-corrected chi connectivity index (χ1v) is 6.01. The summed E-state index contributed by atoms with van der Waals surface area (Å²) in [7, 11) is 1.59. The molecule has 0 spiro atoms. The van der Waals surface area contributed by atoms with E-state index < -0.39 is 11.7 Å². The van der Waals surface area contributed by atoms with Gasteiger partial charge in [-0.25, -0.2) is 0 Å². The van der Waals surface area contributed by atoms with E-state index in [4.69, 9.17) is 10.5 Å². The number of rotatable bonds is 5. The molecule has 0 aliphatic heterocycles. The number of amides is 1. The fourth-order valence-corrected chi connectivity index (χ4v) is 1.39. The maximum absolute atomic E-state index is 12.4. The number of benzene rings is 1. The van der Waals surface area contributed by atoms with Gasteiger partial charge in [-0.2, -0.15) is 13.2 Å². The Balaban J connectivity index is 0.00000400. The molecule has 1 atom stereocenters. The van der Waals surface area contributed by atoms with E-state index >= 15 is 0 Å². The molecule has 1 amide bonds. The van der Waals surface area contributed by atoms with Gasteiger partial charge in [-0.1, -0.05) is 0 Å². The summed E-state index contributed by atoms with van der Waals surface area (Å²) in [6, 6.07) is 4.06. The van der Waals surface area contributed by atoms with Crippen molar-refractivity contribution in [1.29, 1.82) is 0 Å². The maximum Gasteiger partial charge on any atom is 0.416 e. The number of carbonyl (C=O) groups excluding carboxylic acids is 1. The van der Waals surface area contributed by atoms with Gasteiger partial charge in [0.2, 0.25) is 0 Å². The minimum atomic E-state index is -4.38. The van der Waals surface area contributed by atoms with Crippen LogP contribution in [0.15, 0.2) is 24.3 Å². The first-order chi connectivity index (χ1) is 9.25. The van der Waals surface area contributed by atoms with Crippen LogP contribution in [0.5, 0.6) is 5.75 Å². The summed E-state index contributed by atoms with van der Waals surface area (Å²) in [5, 5.41) is 0. The summed E-state index contributed by atoms with van der Waals surface area (Å²) < 4.78 is 42.2. The van der Waals surface area contributed by atoms with Crippen molar-refractivity contribution in [1.82, 2.24) is 4.90 Å². The molecular weight excluding hydrogens is 309 g/mol. The number of ether oxygens (including phenoxy) is 1. The molecule has 0 aromatic heterocycles. The summed E-state index contributed by atoms with van der Waals surface area (Å²) in [5.74, 6) is -0.0806. The van der Waals surface area contributed by atoms with E-state index in [-0.39, 0.29) is 36.7 Å². The van der Waals surface area contributed by atoms with E-state index in [1.165, 1.54) is 17.0 Å². The molecule has 0 heterocycles. The highest BCUT2D eigenvalue weighted by molar-refractivity contribution is 5.85. The van der Waals surface area contributed by atoms with E-state index in [9.17, 15) is 18.0 Å². The van der Waals surface area contributed by atoms with E-state index in [2.05, 4.69) is 0 Å². The SMILES string of the molecule is CC(CN)N(C)C(=O)COc1ccc(C(F)(F)F)cc1.Cl. The fraction of sp³-hybridized carbons (Fsp3) is 0.462. The quantitative estimate of drug-likeness (QED) is 0.903. The van der Waals surface area contributed by atoms with E-state index in [1.807, 2.05) is 0 Å². The van der Waals surface area contributed by atoms with Gasteiger partial charge < -0.3 is 15.4 Å². The van der Waals surface area contributed by atoms with Crippen LogP contribution in [0.3, 0.4) is 0 Å². The van der Waals surface area contributed by atoms with Crippen molar-refractivity contribution >= 4 is 18.3 Å². The van der Waals surface area contributed by atoms with Crippen molar-refractivity contribution in [3.05, 3.63) is 29.8 Å². The molecule has 120 valence electrons. The predicted octanol–water partition coefficient (Wildman–Crippen LogP) is 2.31. The number of alkyl halides is 3. The van der Waals surface area contributed by atoms with Gasteiger partial charge in [-0.05, 0) is 31.2 Å². The zero-order valence-electron chi connectivity index (χ0n) is 11.7. The number of hydrogen-bond donors (Lipinski definition) is 1. The Hall–Kier alpha value is -1.47. The van der Waals surface area contributed by atoms with Crippen LogP contribution >= 0.6 is 12.4 Å². The molecule has 1 aromatic carbocycles. The zero-order chi connectivity index (χ0) is 15.3. The van der Waals surface area contributed by atoms with Crippen LogP contribution in [-0.4, -0.2) is 37.0 Å². The average molecular weight is 327 g/mol. The third kappa shape index (κ3) is 5.81. The Morgan fingerprint density at radius 2 is 1.86 bits per heavy atom. The topological polar surface area (TPSA) is 55.6 Å². The highest BCUT2D eigenvalue weighted by Crippen LogP contribution is 2.30. The average Bonchev–Trinajstić information content (AvgIpc) is 2.42. The number of nitrogens with two attached hydrogens (primary N) is 1. The van der Waals surface area contributed by atoms with Crippen molar-refractivity contribution in [2.24, 2.45) is 5.73 Å². The second-order valence-corrected chi connectivity index (χ2v) is 4.40. The highest BCUT2D eigenvalue weighted by Gasteiger charge is 2.30. The van der Waals surface area contributed by atoms with Crippen LogP contribution in [0.4, 0.5) is 13.2 Å². The van der Waals surface area contributed by atoms with Crippen LogP contribution in [0, 0.1) is 0 Å². The molecule has 8 heteroatoms. The van der Waals surface area contributed by atoms with Gasteiger partial charge >= 0.3 is 6.18 Å². The molecule has 1 aromatic rings. The number of nitrogens with zero attached hydrogens (tertiary/aromatic N) is 1. The third-order valence-electron chi connectivity index (χ3n) is 2.94. The second-order valence-electron chi connectivity index (χ2n) is 4.40. The van der Waals surface area contributed by atoms with Gasteiger partial charge in [-0.15, -0.1) is 12.4 Å². The van der Waals surface area contributed by atoms with E-state index in [0.29, 0.717) is 6.54 Å². The molecule has 0 aliphatic carbocycles. The van der Waals surface area contributed by atoms with Crippen LogP contribution in [0.1, 0.15) is 12.5 Å². The lowest BCUT2D eigenvalue weighted by Gasteiger charge is -2.23. The van der Waals surface area contributed by atoms with E-state index in [0.717, 1.165) is 12.1 Å². The van der Waals surface area contributed by atoms with Gasteiger partial charge in [-0.3, -0.25) is 4.79 Å². The Labute approximate surface area is 127 Å². The van der Waals surface area contributed by atoms with Crippen LogP contribution in [-0.2, 0) is 11.0 Å². The van der Waals surface area contributed by atoms with Crippen molar-refractivity contribution in [2.45, 2.75) is 19.1 Å². The van der Waals surface area contributed by atoms with Crippen molar-refractivity contribution in [3.8, 4) is 5.75 Å². The fourth-order valence-electron chi connectivity index (χ4n) is 1.39. The standard InChI is InChI=1S/C13H17F3N2O2.ClH/c1-9(7-17)18(2)12(19)8-20-11-5-3-10(4-6-11)13(14,15)16;/h3-6,9H,7-8,17H2,1-2H3;1H. The van der Waals surface area contributed by atoms with Crippen molar-refractivity contribution in [3.63, 3.8) is 0 Å². The number of hydrogen-bond acceptors (Lipinski definition) is 3.